The fraction of sp³-hybridized carbons (Fsp3) is 0.0526. The van der Waals surface area contributed by atoms with Crippen molar-refractivity contribution in [3.63, 3.8) is 0 Å². The molecule has 0 aliphatic heterocycles. The van der Waals surface area contributed by atoms with Gasteiger partial charge in [0.25, 0.3) is 5.43 Å². The van der Waals surface area contributed by atoms with Crippen LogP contribution in [0.1, 0.15) is 0 Å². The smallest absolute Gasteiger partial charge is 0.250 e. The Bertz CT molecular complexity index is 860. The van der Waals surface area contributed by atoms with Crippen molar-refractivity contribution in [3.8, 4) is 11.1 Å². The van der Waals surface area contributed by atoms with E-state index in [9.17, 15) is 9.59 Å². The number of anilines is 2. The Hall–Kier alpha value is -2.94. The molecule has 0 bridgehead atoms. The summed E-state index contributed by atoms with van der Waals surface area (Å²) in [6.45, 7) is 4.22. The molecule has 0 unspecified atom stereocenters. The molecule has 3 nitrogen and oxygen atoms in total. The van der Waals surface area contributed by atoms with E-state index in [4.69, 9.17) is 0 Å². The lowest BCUT2D eigenvalue weighted by molar-refractivity contribution is 1.07. The fourth-order valence-corrected chi connectivity index (χ4v) is 2.57. The van der Waals surface area contributed by atoms with Crippen molar-refractivity contribution in [2.45, 2.75) is 0 Å². The van der Waals surface area contributed by atoms with Crippen LogP contribution in [0.25, 0.3) is 11.1 Å². The zero-order valence-corrected chi connectivity index (χ0v) is 12.0. The molecule has 0 spiro atoms. The summed E-state index contributed by atoms with van der Waals surface area (Å²) in [5.74, 6) is 0. The highest BCUT2D eigenvalue weighted by molar-refractivity contribution is 5.86. The summed E-state index contributed by atoms with van der Waals surface area (Å²) < 4.78 is 0. The molecule has 0 atom stereocenters. The van der Waals surface area contributed by atoms with Crippen molar-refractivity contribution in [2.75, 3.05) is 11.4 Å². The number of hydrogen-bond donors (Lipinski definition) is 0. The summed E-state index contributed by atoms with van der Waals surface area (Å²) in [6.07, 6.45) is 1.72. The predicted octanol–water partition coefficient (Wildman–Crippen LogP) is 3.27. The van der Waals surface area contributed by atoms with Crippen LogP contribution in [0, 0.1) is 0 Å². The normalized spacial score (nSPS) is 10.5. The maximum atomic E-state index is 12.2. The SMILES string of the molecule is C=CCN(c1ccccc1)c1c(-c2ccccc2)c(=O)c1=O. The molecule has 0 aliphatic rings. The minimum atomic E-state index is -0.440. The van der Waals surface area contributed by atoms with Gasteiger partial charge in [-0.25, -0.2) is 0 Å². The van der Waals surface area contributed by atoms with Gasteiger partial charge < -0.3 is 4.90 Å². The van der Waals surface area contributed by atoms with Gasteiger partial charge in [0, 0.05) is 12.2 Å². The molecule has 3 heteroatoms. The van der Waals surface area contributed by atoms with E-state index in [2.05, 4.69) is 6.58 Å². The van der Waals surface area contributed by atoms with Gasteiger partial charge in [0.1, 0.15) is 5.69 Å². The Morgan fingerprint density at radius 3 is 2.05 bits per heavy atom. The highest BCUT2D eigenvalue weighted by Gasteiger charge is 2.27. The first-order chi connectivity index (χ1) is 10.7. The van der Waals surface area contributed by atoms with E-state index >= 15 is 0 Å². The first kappa shape index (κ1) is 14.0. The molecule has 0 radical (unpaired) electrons. The van der Waals surface area contributed by atoms with E-state index in [1.165, 1.54) is 0 Å². The van der Waals surface area contributed by atoms with E-state index in [1.54, 1.807) is 6.08 Å². The van der Waals surface area contributed by atoms with E-state index in [0.717, 1.165) is 11.3 Å². The third kappa shape index (κ3) is 2.27. The molecular weight excluding hydrogens is 274 g/mol. The van der Waals surface area contributed by atoms with Gasteiger partial charge in [-0.05, 0) is 17.7 Å². The highest BCUT2D eigenvalue weighted by atomic mass is 16.2. The van der Waals surface area contributed by atoms with Crippen LogP contribution in [0.5, 0.6) is 0 Å². The average Bonchev–Trinajstić information content (AvgIpc) is 2.58. The summed E-state index contributed by atoms with van der Waals surface area (Å²) in [4.78, 5) is 26.0. The largest absolute Gasteiger partial charge is 0.334 e. The zero-order valence-electron chi connectivity index (χ0n) is 12.0. The van der Waals surface area contributed by atoms with Crippen molar-refractivity contribution in [2.24, 2.45) is 0 Å². The molecule has 22 heavy (non-hydrogen) atoms. The van der Waals surface area contributed by atoms with Crippen LogP contribution in [0.3, 0.4) is 0 Å². The summed E-state index contributed by atoms with van der Waals surface area (Å²) in [5, 5.41) is 0. The molecule has 0 saturated carbocycles. The van der Waals surface area contributed by atoms with E-state index in [-0.39, 0.29) is 0 Å². The lowest BCUT2D eigenvalue weighted by atomic mass is 9.97. The summed E-state index contributed by atoms with van der Waals surface area (Å²) in [5.41, 5.74) is 1.70. The minimum absolute atomic E-state index is 0.425. The van der Waals surface area contributed by atoms with Crippen molar-refractivity contribution < 1.29 is 0 Å². The van der Waals surface area contributed by atoms with Crippen molar-refractivity contribution in [1.82, 2.24) is 0 Å². The molecule has 3 aromatic carbocycles. The third-order valence-electron chi connectivity index (χ3n) is 3.60. The van der Waals surface area contributed by atoms with Gasteiger partial charge in [-0.3, -0.25) is 9.59 Å². The van der Waals surface area contributed by atoms with Crippen LogP contribution in [-0.2, 0) is 0 Å². The first-order valence-corrected chi connectivity index (χ1v) is 7.06. The van der Waals surface area contributed by atoms with Crippen molar-refractivity contribution in [3.05, 3.63) is 93.8 Å². The maximum absolute atomic E-state index is 12.2. The lowest BCUT2D eigenvalue weighted by Crippen LogP contribution is -2.40. The van der Waals surface area contributed by atoms with Crippen LogP contribution in [0.15, 0.2) is 82.9 Å². The molecule has 3 aromatic rings. The van der Waals surface area contributed by atoms with Crippen LogP contribution >= 0.6 is 0 Å². The Balaban J connectivity index is 2.15. The van der Waals surface area contributed by atoms with Crippen LogP contribution in [-0.4, -0.2) is 6.54 Å². The third-order valence-corrected chi connectivity index (χ3v) is 3.60. The van der Waals surface area contributed by atoms with E-state index in [0.29, 0.717) is 17.8 Å². The summed E-state index contributed by atoms with van der Waals surface area (Å²) >= 11 is 0. The Morgan fingerprint density at radius 2 is 1.45 bits per heavy atom. The standard InChI is InChI=1S/C19H15NO2/c1-2-13-20(15-11-7-4-8-12-15)17-16(18(21)19(17)22)14-9-5-3-6-10-14/h2-12H,1,13H2. The van der Waals surface area contributed by atoms with Crippen LogP contribution < -0.4 is 15.8 Å². The van der Waals surface area contributed by atoms with Crippen molar-refractivity contribution in [1.29, 1.82) is 0 Å². The van der Waals surface area contributed by atoms with Crippen LogP contribution in [0.4, 0.5) is 11.4 Å². The molecule has 0 heterocycles. The molecule has 0 N–H and O–H groups in total. The molecular formula is C19H15NO2. The quantitative estimate of drug-likeness (QED) is 0.534. The van der Waals surface area contributed by atoms with Crippen LogP contribution in [0.2, 0.25) is 0 Å². The number of nitrogens with zero attached hydrogens (tertiary/aromatic N) is 1. The monoisotopic (exact) mass is 289 g/mol. The van der Waals surface area contributed by atoms with Crippen molar-refractivity contribution >= 4 is 11.4 Å². The van der Waals surface area contributed by atoms with Gasteiger partial charge in [-0.15, -0.1) is 6.58 Å². The van der Waals surface area contributed by atoms with Gasteiger partial charge in [0.2, 0.25) is 5.43 Å². The predicted molar refractivity (Wildman–Crippen MR) is 90.4 cm³/mol. The minimum Gasteiger partial charge on any atom is -0.334 e. The highest BCUT2D eigenvalue weighted by Crippen LogP contribution is 2.31. The summed E-state index contributed by atoms with van der Waals surface area (Å²) in [6, 6.07) is 18.8. The summed E-state index contributed by atoms with van der Waals surface area (Å²) in [7, 11) is 0. The molecule has 0 fully saturated rings. The van der Waals surface area contributed by atoms with Gasteiger partial charge >= 0.3 is 0 Å². The molecule has 0 saturated heterocycles. The topological polar surface area (TPSA) is 37.4 Å². The fourth-order valence-electron chi connectivity index (χ4n) is 2.57. The van der Waals surface area contributed by atoms with E-state index < -0.39 is 10.9 Å². The molecule has 0 aromatic heterocycles. The molecule has 108 valence electrons. The Morgan fingerprint density at radius 1 is 0.864 bits per heavy atom. The number of rotatable bonds is 5. The Kier molecular flexibility index (Phi) is 3.71. The number of hydrogen-bond acceptors (Lipinski definition) is 3. The second kappa shape index (κ2) is 5.82. The molecule has 0 aliphatic carbocycles. The second-order valence-corrected chi connectivity index (χ2v) is 4.98. The zero-order chi connectivity index (χ0) is 15.5. The van der Waals surface area contributed by atoms with Gasteiger partial charge in [-0.2, -0.15) is 0 Å². The lowest BCUT2D eigenvalue weighted by Gasteiger charge is -2.26. The van der Waals surface area contributed by atoms with Gasteiger partial charge in [0.15, 0.2) is 0 Å². The van der Waals surface area contributed by atoms with Gasteiger partial charge in [0.05, 0.1) is 5.56 Å². The first-order valence-electron chi connectivity index (χ1n) is 7.06. The Labute approximate surface area is 128 Å². The number of para-hydroxylation sites is 1. The molecule has 0 amide bonds. The van der Waals surface area contributed by atoms with Gasteiger partial charge in [-0.1, -0.05) is 54.6 Å². The number of benzene rings is 2. The maximum Gasteiger partial charge on any atom is 0.250 e. The average molecular weight is 289 g/mol. The second-order valence-electron chi connectivity index (χ2n) is 4.98. The molecule has 3 rings (SSSR count). The van der Waals surface area contributed by atoms with E-state index in [1.807, 2.05) is 65.6 Å².